The Kier molecular flexibility index (Phi) is 5.89. The molecular formula is C13H25ClN2O2. The molecule has 1 aliphatic heterocycles. The molecule has 18 heavy (non-hydrogen) atoms. The number of halogens is 1. The summed E-state index contributed by atoms with van der Waals surface area (Å²) in [6.07, 6.45) is 6.67. The van der Waals surface area contributed by atoms with Crippen LogP contribution in [0.2, 0.25) is 0 Å². The molecular weight excluding hydrogens is 252 g/mol. The number of carbonyl (C=O) groups is 1. The minimum absolute atomic E-state index is 0. The van der Waals surface area contributed by atoms with E-state index < -0.39 is 5.54 Å². The molecule has 0 spiro atoms. The molecule has 0 aromatic rings. The molecule has 2 aliphatic rings. The Morgan fingerprint density at radius 3 is 2.61 bits per heavy atom. The van der Waals surface area contributed by atoms with Gasteiger partial charge in [-0.3, -0.25) is 4.79 Å². The quantitative estimate of drug-likeness (QED) is 0.714. The summed E-state index contributed by atoms with van der Waals surface area (Å²) in [6.45, 7) is 2.88. The highest BCUT2D eigenvalue weighted by molar-refractivity contribution is 5.86. The maximum atomic E-state index is 12.2. The molecule has 3 atom stereocenters. The molecule has 0 aromatic heterocycles. The number of carbonyl (C=O) groups excluding carboxylic acids is 1. The highest BCUT2D eigenvalue weighted by Gasteiger charge is 2.36. The molecule has 5 heteroatoms. The molecule has 1 saturated heterocycles. The van der Waals surface area contributed by atoms with Crippen molar-refractivity contribution in [1.29, 1.82) is 0 Å². The summed E-state index contributed by atoms with van der Waals surface area (Å²) in [7, 11) is 0. The molecule has 0 radical (unpaired) electrons. The molecule has 1 unspecified atom stereocenters. The normalized spacial score (nSPS) is 36.6. The van der Waals surface area contributed by atoms with Crippen LogP contribution in [0.3, 0.4) is 0 Å². The predicted molar refractivity (Wildman–Crippen MR) is 73.9 cm³/mol. The van der Waals surface area contributed by atoms with Gasteiger partial charge in [-0.2, -0.15) is 0 Å². The second kappa shape index (κ2) is 6.73. The van der Waals surface area contributed by atoms with E-state index in [4.69, 9.17) is 0 Å². The van der Waals surface area contributed by atoms with Gasteiger partial charge in [0.15, 0.2) is 0 Å². The fourth-order valence-electron chi connectivity index (χ4n) is 2.86. The molecule has 3 N–H and O–H groups in total. The molecule has 1 heterocycles. The summed E-state index contributed by atoms with van der Waals surface area (Å²) >= 11 is 0. The average Bonchev–Trinajstić information content (AvgIpc) is 2.33. The van der Waals surface area contributed by atoms with Crippen LogP contribution >= 0.6 is 12.4 Å². The topological polar surface area (TPSA) is 61.4 Å². The summed E-state index contributed by atoms with van der Waals surface area (Å²) in [5, 5.41) is 16.2. The van der Waals surface area contributed by atoms with Crippen molar-refractivity contribution in [2.24, 2.45) is 0 Å². The second-order valence-corrected chi connectivity index (χ2v) is 5.65. The predicted octanol–water partition coefficient (Wildman–Crippen LogP) is 1.36. The van der Waals surface area contributed by atoms with E-state index in [0.717, 1.165) is 51.5 Å². The average molecular weight is 277 g/mol. The van der Waals surface area contributed by atoms with Crippen LogP contribution in [0.25, 0.3) is 0 Å². The van der Waals surface area contributed by atoms with Crippen molar-refractivity contribution in [3.05, 3.63) is 0 Å². The van der Waals surface area contributed by atoms with Gasteiger partial charge in [0.25, 0.3) is 0 Å². The van der Waals surface area contributed by atoms with Crippen LogP contribution in [0.15, 0.2) is 0 Å². The number of nitrogens with one attached hydrogen (secondary N) is 2. The lowest BCUT2D eigenvalue weighted by Gasteiger charge is -2.36. The van der Waals surface area contributed by atoms with Crippen molar-refractivity contribution in [1.82, 2.24) is 10.6 Å². The van der Waals surface area contributed by atoms with Crippen LogP contribution in [0.4, 0.5) is 0 Å². The lowest BCUT2D eigenvalue weighted by molar-refractivity contribution is -0.130. The second-order valence-electron chi connectivity index (χ2n) is 5.65. The van der Waals surface area contributed by atoms with Gasteiger partial charge in [-0.05, 0) is 45.6 Å². The van der Waals surface area contributed by atoms with Gasteiger partial charge >= 0.3 is 0 Å². The van der Waals surface area contributed by atoms with Crippen LogP contribution in [0.5, 0.6) is 0 Å². The highest BCUT2D eigenvalue weighted by Crippen LogP contribution is 2.22. The van der Waals surface area contributed by atoms with Crippen LogP contribution in [0, 0.1) is 0 Å². The van der Waals surface area contributed by atoms with Crippen molar-refractivity contribution in [3.63, 3.8) is 0 Å². The summed E-state index contributed by atoms with van der Waals surface area (Å²) < 4.78 is 0. The number of aliphatic hydroxyl groups is 1. The Morgan fingerprint density at radius 1 is 1.28 bits per heavy atom. The molecule has 1 saturated carbocycles. The van der Waals surface area contributed by atoms with E-state index in [-0.39, 0.29) is 30.5 Å². The third-order valence-electron chi connectivity index (χ3n) is 4.17. The van der Waals surface area contributed by atoms with Gasteiger partial charge in [-0.15, -0.1) is 12.4 Å². The van der Waals surface area contributed by atoms with Gasteiger partial charge in [-0.1, -0.05) is 12.8 Å². The molecule has 1 aliphatic carbocycles. The van der Waals surface area contributed by atoms with E-state index in [2.05, 4.69) is 10.6 Å². The Bertz CT molecular complexity index is 280. The maximum absolute atomic E-state index is 12.2. The first-order chi connectivity index (χ1) is 8.12. The Labute approximate surface area is 115 Å². The first kappa shape index (κ1) is 15.7. The maximum Gasteiger partial charge on any atom is 0.240 e. The van der Waals surface area contributed by atoms with E-state index in [9.17, 15) is 9.90 Å². The number of hydrogen-bond donors (Lipinski definition) is 3. The Hall–Kier alpha value is -0.320. The zero-order chi connectivity index (χ0) is 12.3. The number of aliphatic hydroxyl groups excluding tert-OH is 1. The third-order valence-corrected chi connectivity index (χ3v) is 4.17. The molecule has 0 aromatic carbocycles. The van der Waals surface area contributed by atoms with Gasteiger partial charge < -0.3 is 15.7 Å². The van der Waals surface area contributed by atoms with E-state index in [1.54, 1.807) is 0 Å². The molecule has 1 amide bonds. The van der Waals surface area contributed by atoms with Crippen LogP contribution < -0.4 is 10.6 Å². The minimum atomic E-state index is -0.435. The van der Waals surface area contributed by atoms with Crippen LogP contribution in [0.1, 0.15) is 51.9 Å². The Balaban J connectivity index is 0.00000162. The first-order valence-electron chi connectivity index (χ1n) is 6.86. The van der Waals surface area contributed by atoms with Gasteiger partial charge in [-0.25, -0.2) is 0 Å². The lowest BCUT2D eigenvalue weighted by atomic mass is 9.88. The minimum Gasteiger partial charge on any atom is -0.391 e. The van der Waals surface area contributed by atoms with Crippen molar-refractivity contribution < 1.29 is 9.90 Å². The van der Waals surface area contributed by atoms with E-state index >= 15 is 0 Å². The summed E-state index contributed by atoms with van der Waals surface area (Å²) in [4.78, 5) is 12.2. The monoisotopic (exact) mass is 276 g/mol. The largest absolute Gasteiger partial charge is 0.391 e. The number of hydrogen-bond acceptors (Lipinski definition) is 3. The lowest BCUT2D eigenvalue weighted by Crippen LogP contribution is -2.60. The molecule has 4 nitrogen and oxygen atoms in total. The van der Waals surface area contributed by atoms with Crippen LogP contribution in [-0.2, 0) is 4.79 Å². The zero-order valence-electron chi connectivity index (χ0n) is 11.1. The van der Waals surface area contributed by atoms with Crippen molar-refractivity contribution in [2.45, 2.75) is 69.6 Å². The van der Waals surface area contributed by atoms with E-state index in [1.165, 1.54) is 0 Å². The summed E-state index contributed by atoms with van der Waals surface area (Å²) in [6, 6.07) is -0.0446. The van der Waals surface area contributed by atoms with Gasteiger partial charge in [0, 0.05) is 0 Å². The van der Waals surface area contributed by atoms with E-state index in [0.29, 0.717) is 0 Å². The summed E-state index contributed by atoms with van der Waals surface area (Å²) in [5.41, 5.74) is -0.435. The standard InChI is InChI=1S/C13H24N2O2.ClH/c1-13(8-4-5-9-14-13)12(17)15-10-6-2-3-7-11(10)16;/h10-11,14,16H,2-9H2,1H3,(H,15,17);1H/t10-,11-,13?;/m1./s1. The van der Waals surface area contributed by atoms with Crippen molar-refractivity contribution in [2.75, 3.05) is 6.54 Å². The SMILES string of the molecule is CC1(C(=O)N[C@@H]2CCCC[C@H]2O)CCCCN1.Cl. The van der Waals surface area contributed by atoms with E-state index in [1.807, 2.05) is 6.92 Å². The molecule has 106 valence electrons. The highest BCUT2D eigenvalue weighted by atomic mass is 35.5. The zero-order valence-corrected chi connectivity index (χ0v) is 11.9. The summed E-state index contributed by atoms with van der Waals surface area (Å²) in [5.74, 6) is 0.0585. The van der Waals surface area contributed by atoms with Gasteiger partial charge in [0.1, 0.15) is 0 Å². The number of piperidine rings is 1. The fourth-order valence-corrected chi connectivity index (χ4v) is 2.86. The van der Waals surface area contributed by atoms with Crippen molar-refractivity contribution in [3.8, 4) is 0 Å². The number of amides is 1. The van der Waals surface area contributed by atoms with Gasteiger partial charge in [0.05, 0.1) is 17.7 Å². The van der Waals surface area contributed by atoms with Gasteiger partial charge in [0.2, 0.25) is 5.91 Å². The third kappa shape index (κ3) is 3.59. The number of rotatable bonds is 2. The molecule has 0 bridgehead atoms. The molecule has 2 fully saturated rings. The smallest absolute Gasteiger partial charge is 0.240 e. The van der Waals surface area contributed by atoms with Crippen molar-refractivity contribution >= 4 is 18.3 Å². The fraction of sp³-hybridized carbons (Fsp3) is 0.923. The van der Waals surface area contributed by atoms with Crippen LogP contribution in [-0.4, -0.2) is 35.2 Å². The Morgan fingerprint density at radius 2 is 2.00 bits per heavy atom. The molecule has 2 rings (SSSR count). The first-order valence-corrected chi connectivity index (χ1v) is 6.86.